The number of hydrogen-bond donors (Lipinski definition) is 1. The first-order chi connectivity index (χ1) is 7.47. The van der Waals surface area contributed by atoms with Crippen LogP contribution < -0.4 is 5.32 Å². The predicted octanol–water partition coefficient (Wildman–Crippen LogP) is 4.09. The van der Waals surface area contributed by atoms with Gasteiger partial charge in [-0.05, 0) is 17.5 Å². The zero-order valence-corrected chi connectivity index (χ0v) is 11.0. The molecule has 0 aromatic heterocycles. The van der Waals surface area contributed by atoms with Crippen molar-refractivity contribution in [1.82, 2.24) is 0 Å². The second-order valence-electron chi connectivity index (χ2n) is 4.65. The molecule has 0 saturated carbocycles. The minimum atomic E-state index is 0.0405. The van der Waals surface area contributed by atoms with E-state index in [1.165, 1.54) is 0 Å². The summed E-state index contributed by atoms with van der Waals surface area (Å²) in [6.45, 7) is 10.2. The predicted molar refractivity (Wildman–Crippen MR) is 70.5 cm³/mol. The van der Waals surface area contributed by atoms with Gasteiger partial charge in [0.2, 0.25) is 5.91 Å². The second-order valence-corrected chi connectivity index (χ2v) is 4.65. The maximum Gasteiger partial charge on any atom is 0.224 e. The third-order valence-corrected chi connectivity index (χ3v) is 1.75. The first-order valence-corrected chi connectivity index (χ1v) is 5.82. The quantitative estimate of drug-likeness (QED) is 0.800. The maximum absolute atomic E-state index is 11.5. The van der Waals surface area contributed by atoms with E-state index in [1.807, 2.05) is 44.2 Å². The Labute approximate surface area is 99.1 Å². The number of anilines is 1. The van der Waals surface area contributed by atoms with Crippen molar-refractivity contribution in [3.63, 3.8) is 0 Å². The monoisotopic (exact) mass is 221 g/mol. The van der Waals surface area contributed by atoms with E-state index in [0.717, 1.165) is 5.69 Å². The largest absolute Gasteiger partial charge is 0.326 e. The summed E-state index contributed by atoms with van der Waals surface area (Å²) in [5.74, 6) is 0.0729. The molecule has 1 aromatic rings. The number of para-hydroxylation sites is 1. The summed E-state index contributed by atoms with van der Waals surface area (Å²) in [6, 6.07) is 9.53. The molecule has 0 aliphatic carbocycles. The van der Waals surface area contributed by atoms with Crippen molar-refractivity contribution in [3.8, 4) is 0 Å². The molecule has 2 nitrogen and oxygen atoms in total. The van der Waals surface area contributed by atoms with Gasteiger partial charge in [0.15, 0.2) is 0 Å². The Morgan fingerprint density at radius 3 is 2.06 bits per heavy atom. The third-order valence-electron chi connectivity index (χ3n) is 1.75. The number of nitrogens with one attached hydrogen (secondary N) is 1. The molecule has 0 unspecified atom stereocenters. The first-order valence-electron chi connectivity index (χ1n) is 5.82. The minimum Gasteiger partial charge on any atom is -0.326 e. The zero-order chi connectivity index (χ0) is 12.6. The molecule has 1 aromatic carbocycles. The van der Waals surface area contributed by atoms with E-state index in [0.29, 0.717) is 6.42 Å². The molecular weight excluding hydrogens is 198 g/mol. The molecule has 0 aliphatic rings. The molecule has 0 spiro atoms. The van der Waals surface area contributed by atoms with Crippen LogP contribution in [0.5, 0.6) is 0 Å². The van der Waals surface area contributed by atoms with E-state index < -0.39 is 0 Å². The Morgan fingerprint density at radius 2 is 1.62 bits per heavy atom. The van der Waals surface area contributed by atoms with E-state index >= 15 is 0 Å². The lowest BCUT2D eigenvalue weighted by atomic mass is 9.92. The third kappa shape index (κ3) is 7.04. The average molecular weight is 221 g/mol. The van der Waals surface area contributed by atoms with E-state index in [-0.39, 0.29) is 11.3 Å². The summed E-state index contributed by atoms with van der Waals surface area (Å²) < 4.78 is 0. The van der Waals surface area contributed by atoms with Crippen LogP contribution in [-0.4, -0.2) is 5.91 Å². The molecular formula is C14H23NO. The molecule has 90 valence electrons. The van der Waals surface area contributed by atoms with Gasteiger partial charge in [0.25, 0.3) is 0 Å². The van der Waals surface area contributed by atoms with Crippen molar-refractivity contribution in [1.29, 1.82) is 0 Å². The average Bonchev–Trinajstić information content (AvgIpc) is 2.19. The van der Waals surface area contributed by atoms with Gasteiger partial charge in [0.05, 0.1) is 0 Å². The maximum atomic E-state index is 11.5. The second kappa shape index (κ2) is 7.04. The van der Waals surface area contributed by atoms with Crippen LogP contribution in [0.1, 0.15) is 41.0 Å². The lowest BCUT2D eigenvalue weighted by Gasteiger charge is -2.17. The molecule has 1 rings (SSSR count). The summed E-state index contributed by atoms with van der Waals surface area (Å²) in [6.07, 6.45) is 0.544. The highest BCUT2D eigenvalue weighted by Gasteiger charge is 2.15. The summed E-state index contributed by atoms with van der Waals surface area (Å²) in [5.41, 5.74) is 0.903. The van der Waals surface area contributed by atoms with Crippen LogP contribution in [0.25, 0.3) is 0 Å². The van der Waals surface area contributed by atoms with Gasteiger partial charge in [-0.25, -0.2) is 0 Å². The number of carbonyl (C=O) groups is 1. The summed E-state index contributed by atoms with van der Waals surface area (Å²) in [4.78, 5) is 11.5. The van der Waals surface area contributed by atoms with E-state index in [4.69, 9.17) is 0 Å². The molecule has 1 N–H and O–H groups in total. The van der Waals surface area contributed by atoms with Crippen LogP contribution in [-0.2, 0) is 4.79 Å². The Balaban J connectivity index is 0.00000106. The van der Waals surface area contributed by atoms with Gasteiger partial charge in [-0.3, -0.25) is 4.79 Å². The molecule has 16 heavy (non-hydrogen) atoms. The number of rotatable bonds is 2. The fourth-order valence-electron chi connectivity index (χ4n) is 1.21. The van der Waals surface area contributed by atoms with Gasteiger partial charge in [-0.1, -0.05) is 52.8 Å². The molecule has 0 aliphatic heterocycles. The van der Waals surface area contributed by atoms with Crippen molar-refractivity contribution in [2.75, 3.05) is 5.32 Å². The van der Waals surface area contributed by atoms with Crippen LogP contribution in [0, 0.1) is 5.41 Å². The number of carbonyl (C=O) groups excluding carboxylic acids is 1. The first kappa shape index (κ1) is 14.7. The highest BCUT2D eigenvalue weighted by atomic mass is 16.1. The van der Waals surface area contributed by atoms with Crippen LogP contribution in [0.2, 0.25) is 0 Å². The lowest BCUT2D eigenvalue weighted by molar-refractivity contribution is -0.117. The molecule has 0 fully saturated rings. The zero-order valence-electron chi connectivity index (χ0n) is 11.0. The summed E-state index contributed by atoms with van der Waals surface area (Å²) in [7, 11) is 0. The standard InChI is InChI=1S/C12H17NO.C2H6/c1-12(2,3)9-11(14)13-10-7-5-4-6-8-10;1-2/h4-8H,9H2,1-3H3,(H,13,14);1-2H3. The summed E-state index contributed by atoms with van der Waals surface area (Å²) >= 11 is 0. The molecule has 0 radical (unpaired) electrons. The van der Waals surface area contributed by atoms with Crippen LogP contribution in [0.4, 0.5) is 5.69 Å². The SMILES string of the molecule is CC.CC(C)(C)CC(=O)Nc1ccccc1. The van der Waals surface area contributed by atoms with Crippen molar-refractivity contribution in [3.05, 3.63) is 30.3 Å². The Hall–Kier alpha value is -1.31. The van der Waals surface area contributed by atoms with Crippen molar-refractivity contribution < 1.29 is 4.79 Å². The van der Waals surface area contributed by atoms with Crippen LogP contribution in [0.3, 0.4) is 0 Å². The molecule has 1 amide bonds. The van der Waals surface area contributed by atoms with Gasteiger partial charge in [0.1, 0.15) is 0 Å². The van der Waals surface area contributed by atoms with Crippen LogP contribution >= 0.6 is 0 Å². The highest BCUT2D eigenvalue weighted by Crippen LogP contribution is 2.19. The number of amides is 1. The highest BCUT2D eigenvalue weighted by molar-refractivity contribution is 5.90. The minimum absolute atomic E-state index is 0.0405. The van der Waals surface area contributed by atoms with Gasteiger partial charge in [0, 0.05) is 12.1 Å². The normalized spacial score (nSPS) is 10.1. The topological polar surface area (TPSA) is 29.1 Å². The fourth-order valence-corrected chi connectivity index (χ4v) is 1.21. The van der Waals surface area contributed by atoms with Crippen molar-refractivity contribution in [2.24, 2.45) is 5.41 Å². The Morgan fingerprint density at radius 1 is 1.12 bits per heavy atom. The number of hydrogen-bond acceptors (Lipinski definition) is 1. The number of benzene rings is 1. The molecule has 0 heterocycles. The Kier molecular flexibility index (Phi) is 6.47. The van der Waals surface area contributed by atoms with Gasteiger partial charge >= 0.3 is 0 Å². The molecule has 0 bridgehead atoms. The summed E-state index contributed by atoms with van der Waals surface area (Å²) in [5, 5.41) is 2.86. The smallest absolute Gasteiger partial charge is 0.224 e. The van der Waals surface area contributed by atoms with Gasteiger partial charge in [-0.2, -0.15) is 0 Å². The van der Waals surface area contributed by atoms with E-state index in [9.17, 15) is 4.79 Å². The lowest BCUT2D eigenvalue weighted by Crippen LogP contribution is -2.19. The van der Waals surface area contributed by atoms with Crippen molar-refractivity contribution in [2.45, 2.75) is 41.0 Å². The molecule has 0 saturated heterocycles. The van der Waals surface area contributed by atoms with Crippen LogP contribution in [0.15, 0.2) is 30.3 Å². The Bertz CT molecular complexity index is 298. The van der Waals surface area contributed by atoms with Gasteiger partial charge in [-0.15, -0.1) is 0 Å². The van der Waals surface area contributed by atoms with Crippen molar-refractivity contribution >= 4 is 11.6 Å². The van der Waals surface area contributed by atoms with E-state index in [1.54, 1.807) is 0 Å². The fraction of sp³-hybridized carbons (Fsp3) is 0.500. The molecule has 0 atom stereocenters. The molecule has 2 heteroatoms. The van der Waals surface area contributed by atoms with E-state index in [2.05, 4.69) is 26.1 Å². The van der Waals surface area contributed by atoms with Gasteiger partial charge < -0.3 is 5.32 Å².